The van der Waals surface area contributed by atoms with Crippen LogP contribution in [-0.2, 0) is 0 Å². The fourth-order valence-electron chi connectivity index (χ4n) is 1.40. The summed E-state index contributed by atoms with van der Waals surface area (Å²) in [7, 11) is 0. The molecule has 4 heteroatoms. The minimum absolute atomic E-state index is 0.682. The minimum atomic E-state index is 0.682. The van der Waals surface area contributed by atoms with Crippen molar-refractivity contribution in [3.63, 3.8) is 0 Å². The zero-order chi connectivity index (χ0) is 8.39. The number of hydrogen-bond donors (Lipinski definition) is 3. The average molecular weight is 164 g/mol. The second kappa shape index (κ2) is 2.98. The molecule has 4 N–H and O–H groups in total. The third kappa shape index (κ3) is 1.33. The molecule has 0 aromatic heterocycles. The number of hydrogen-bond acceptors (Lipinski definition) is 4. The molecule has 2 heterocycles. The molecular weight excluding hydrogens is 152 g/mol. The molecule has 12 heavy (non-hydrogen) atoms. The molecule has 0 atom stereocenters. The second-order valence-corrected chi connectivity index (χ2v) is 2.91. The van der Waals surface area contributed by atoms with Crippen LogP contribution in [0.4, 0.5) is 0 Å². The van der Waals surface area contributed by atoms with E-state index in [-0.39, 0.29) is 0 Å². The highest BCUT2D eigenvalue weighted by molar-refractivity contribution is 5.84. The molecule has 4 nitrogen and oxygen atoms in total. The Morgan fingerprint density at radius 3 is 3.33 bits per heavy atom. The van der Waals surface area contributed by atoms with Crippen LogP contribution in [0.25, 0.3) is 0 Å². The van der Waals surface area contributed by atoms with E-state index in [0.717, 1.165) is 25.3 Å². The Bertz CT molecular complexity index is 275. The van der Waals surface area contributed by atoms with Gasteiger partial charge in [-0.3, -0.25) is 5.32 Å². The van der Waals surface area contributed by atoms with E-state index < -0.39 is 0 Å². The Balaban J connectivity index is 2.27. The number of allylic oxidation sites excluding steroid dienone is 1. The number of nitrogens with one attached hydrogen (secondary N) is 2. The van der Waals surface area contributed by atoms with Crippen LogP contribution in [0.5, 0.6) is 0 Å². The largest absolute Gasteiger partial charge is 0.387 e. The highest BCUT2D eigenvalue weighted by Gasteiger charge is 2.11. The van der Waals surface area contributed by atoms with E-state index in [2.05, 4.69) is 15.6 Å². The zero-order valence-electron chi connectivity index (χ0n) is 6.80. The van der Waals surface area contributed by atoms with Crippen LogP contribution in [0.15, 0.2) is 28.5 Å². The minimum Gasteiger partial charge on any atom is -0.387 e. The quantitative estimate of drug-likeness (QED) is 0.459. The topological polar surface area (TPSA) is 62.4 Å². The Morgan fingerprint density at radius 2 is 2.42 bits per heavy atom. The molecule has 2 rings (SSSR count). The van der Waals surface area contributed by atoms with E-state index in [1.165, 1.54) is 5.57 Å². The molecule has 2 aliphatic rings. The maximum Gasteiger partial charge on any atom is 0.103 e. The number of rotatable bonds is 0. The third-order valence-electron chi connectivity index (χ3n) is 2.00. The molecule has 0 fully saturated rings. The molecular formula is C8H12N4. The molecule has 2 aliphatic heterocycles. The van der Waals surface area contributed by atoms with Gasteiger partial charge in [0.1, 0.15) is 5.84 Å². The summed E-state index contributed by atoms with van der Waals surface area (Å²) in [5.74, 6) is 0.682. The maximum absolute atomic E-state index is 5.65. The van der Waals surface area contributed by atoms with Gasteiger partial charge in [-0.2, -0.15) is 0 Å². The normalized spacial score (nSPS) is 22.5. The van der Waals surface area contributed by atoms with Gasteiger partial charge in [-0.25, -0.2) is 4.99 Å². The molecule has 0 aliphatic carbocycles. The van der Waals surface area contributed by atoms with Gasteiger partial charge in [-0.1, -0.05) is 0 Å². The van der Waals surface area contributed by atoms with Crippen LogP contribution < -0.4 is 16.4 Å². The molecule has 0 saturated carbocycles. The van der Waals surface area contributed by atoms with Crippen LogP contribution in [0, 0.1) is 0 Å². The van der Waals surface area contributed by atoms with Gasteiger partial charge >= 0.3 is 0 Å². The number of amidine groups is 1. The Kier molecular flexibility index (Phi) is 1.83. The van der Waals surface area contributed by atoms with Gasteiger partial charge in [-0.05, 0) is 11.6 Å². The first-order chi connectivity index (χ1) is 5.86. The lowest BCUT2D eigenvalue weighted by molar-refractivity contribution is 0.622. The molecule has 64 valence electrons. The summed E-state index contributed by atoms with van der Waals surface area (Å²) >= 11 is 0. The summed E-state index contributed by atoms with van der Waals surface area (Å²) in [5, 5.41) is 6.45. The van der Waals surface area contributed by atoms with E-state index in [1.807, 2.05) is 6.08 Å². The van der Waals surface area contributed by atoms with Crippen LogP contribution in [0.3, 0.4) is 0 Å². The fourth-order valence-corrected chi connectivity index (χ4v) is 1.40. The van der Waals surface area contributed by atoms with Crippen LogP contribution in [0.2, 0.25) is 0 Å². The summed E-state index contributed by atoms with van der Waals surface area (Å²) < 4.78 is 0. The lowest BCUT2D eigenvalue weighted by atomic mass is 10.1. The Hall–Kier alpha value is -1.29. The summed E-state index contributed by atoms with van der Waals surface area (Å²) in [6, 6.07) is 0. The van der Waals surface area contributed by atoms with Gasteiger partial charge in [0.25, 0.3) is 0 Å². The third-order valence-corrected chi connectivity index (χ3v) is 2.00. The predicted octanol–water partition coefficient (Wildman–Crippen LogP) is -0.335. The summed E-state index contributed by atoms with van der Waals surface area (Å²) in [5.41, 5.74) is 8.10. The van der Waals surface area contributed by atoms with Gasteiger partial charge in [0.2, 0.25) is 0 Å². The number of nitrogens with zero attached hydrogens (tertiary/aromatic N) is 1. The standard InChI is InChI=1S/C8H12N4/c9-8-3-6-4-10-5-12-7(6)1-2-11-8/h1-2,10,12H,3-5H2,(H2,9,11). The maximum atomic E-state index is 5.65. The van der Waals surface area contributed by atoms with Crippen molar-refractivity contribution in [2.24, 2.45) is 10.7 Å². The van der Waals surface area contributed by atoms with Crippen molar-refractivity contribution in [1.29, 1.82) is 0 Å². The lowest BCUT2D eigenvalue weighted by Crippen LogP contribution is -2.36. The highest BCUT2D eigenvalue weighted by Crippen LogP contribution is 2.12. The van der Waals surface area contributed by atoms with Crippen molar-refractivity contribution >= 4 is 5.84 Å². The van der Waals surface area contributed by atoms with Gasteiger partial charge in [0.15, 0.2) is 0 Å². The molecule has 0 unspecified atom stereocenters. The van der Waals surface area contributed by atoms with Gasteiger partial charge in [0.05, 0.1) is 6.67 Å². The highest BCUT2D eigenvalue weighted by atomic mass is 15.1. The summed E-state index contributed by atoms with van der Waals surface area (Å²) in [4.78, 5) is 4.05. The molecule has 0 saturated heterocycles. The summed E-state index contributed by atoms with van der Waals surface area (Å²) in [6.07, 6.45) is 4.48. The van der Waals surface area contributed by atoms with Gasteiger partial charge in [0, 0.05) is 24.9 Å². The van der Waals surface area contributed by atoms with Gasteiger partial charge in [-0.15, -0.1) is 0 Å². The number of nitrogens with two attached hydrogens (primary N) is 1. The van der Waals surface area contributed by atoms with Gasteiger partial charge < -0.3 is 11.1 Å². The first-order valence-electron chi connectivity index (χ1n) is 4.01. The molecule has 0 radical (unpaired) electrons. The van der Waals surface area contributed by atoms with Crippen LogP contribution in [0.1, 0.15) is 6.42 Å². The number of aliphatic imine (C=N–C) groups is 1. The average Bonchev–Trinajstić information content (AvgIpc) is 2.25. The van der Waals surface area contributed by atoms with Crippen molar-refractivity contribution in [2.45, 2.75) is 6.42 Å². The van der Waals surface area contributed by atoms with Crippen molar-refractivity contribution in [1.82, 2.24) is 10.6 Å². The molecule has 0 amide bonds. The Morgan fingerprint density at radius 1 is 1.50 bits per heavy atom. The van der Waals surface area contributed by atoms with Crippen LogP contribution in [-0.4, -0.2) is 19.0 Å². The van der Waals surface area contributed by atoms with E-state index in [1.54, 1.807) is 6.20 Å². The molecule has 0 bridgehead atoms. The van der Waals surface area contributed by atoms with Crippen molar-refractivity contribution < 1.29 is 0 Å². The van der Waals surface area contributed by atoms with Crippen LogP contribution >= 0.6 is 0 Å². The molecule has 0 spiro atoms. The van der Waals surface area contributed by atoms with E-state index in [9.17, 15) is 0 Å². The first kappa shape index (κ1) is 7.36. The summed E-state index contributed by atoms with van der Waals surface area (Å²) in [6.45, 7) is 1.73. The van der Waals surface area contributed by atoms with Crippen molar-refractivity contribution in [3.05, 3.63) is 23.5 Å². The monoisotopic (exact) mass is 164 g/mol. The zero-order valence-corrected chi connectivity index (χ0v) is 6.80. The van der Waals surface area contributed by atoms with E-state index >= 15 is 0 Å². The molecule has 0 aromatic carbocycles. The predicted molar refractivity (Wildman–Crippen MR) is 48.4 cm³/mol. The second-order valence-electron chi connectivity index (χ2n) is 2.91. The Labute approximate surface area is 71.2 Å². The van der Waals surface area contributed by atoms with Crippen molar-refractivity contribution in [3.8, 4) is 0 Å². The fraction of sp³-hybridized carbons (Fsp3) is 0.375. The SMILES string of the molecule is NC1=NC=CC2=C(CNCN2)C1. The molecule has 0 aromatic rings. The lowest BCUT2D eigenvalue weighted by Gasteiger charge is -2.19. The first-order valence-corrected chi connectivity index (χ1v) is 4.01. The van der Waals surface area contributed by atoms with E-state index in [4.69, 9.17) is 5.73 Å². The van der Waals surface area contributed by atoms with E-state index in [0.29, 0.717) is 5.84 Å². The smallest absolute Gasteiger partial charge is 0.103 e. The van der Waals surface area contributed by atoms with Crippen molar-refractivity contribution in [2.75, 3.05) is 13.2 Å².